The second-order valence-corrected chi connectivity index (χ2v) is 4.03. The number of nitrogens with zero attached hydrogens (tertiary/aromatic N) is 1. The van der Waals surface area contributed by atoms with Crippen LogP contribution >= 0.6 is 11.3 Å². The van der Waals surface area contributed by atoms with Crippen molar-refractivity contribution in [2.24, 2.45) is 0 Å². The standard InChI is InChI=1S/C11H9N3S/c12-5-9-10(6-15-11(9)14)7-1-3-8(13)4-2-7/h1-4,6H,13-14H2. The van der Waals surface area contributed by atoms with Gasteiger partial charge in [0, 0.05) is 16.6 Å². The van der Waals surface area contributed by atoms with Crippen molar-refractivity contribution in [3.8, 4) is 17.2 Å². The van der Waals surface area contributed by atoms with E-state index in [2.05, 4.69) is 6.07 Å². The third kappa shape index (κ3) is 1.65. The highest BCUT2D eigenvalue weighted by Crippen LogP contribution is 2.32. The molecule has 74 valence electrons. The van der Waals surface area contributed by atoms with Crippen LogP contribution in [0.5, 0.6) is 0 Å². The average Bonchev–Trinajstić information content (AvgIpc) is 2.61. The maximum atomic E-state index is 8.96. The van der Waals surface area contributed by atoms with Gasteiger partial charge in [0.2, 0.25) is 0 Å². The molecule has 0 aliphatic heterocycles. The summed E-state index contributed by atoms with van der Waals surface area (Å²) in [7, 11) is 0. The Kier molecular flexibility index (Phi) is 2.32. The molecule has 0 unspecified atom stereocenters. The van der Waals surface area contributed by atoms with Gasteiger partial charge in [0.05, 0.1) is 5.56 Å². The second kappa shape index (κ2) is 3.64. The van der Waals surface area contributed by atoms with E-state index in [0.717, 1.165) is 11.1 Å². The van der Waals surface area contributed by atoms with Gasteiger partial charge in [-0.25, -0.2) is 0 Å². The zero-order valence-electron chi connectivity index (χ0n) is 7.90. The summed E-state index contributed by atoms with van der Waals surface area (Å²) in [5.74, 6) is 0. The first-order chi connectivity index (χ1) is 7.22. The molecule has 0 spiro atoms. The highest BCUT2D eigenvalue weighted by atomic mass is 32.1. The SMILES string of the molecule is N#Cc1c(-c2ccc(N)cc2)csc1N. The van der Waals surface area contributed by atoms with Crippen LogP contribution in [-0.2, 0) is 0 Å². The molecule has 0 fully saturated rings. The third-order valence-electron chi connectivity index (χ3n) is 2.15. The van der Waals surface area contributed by atoms with Crippen molar-refractivity contribution in [3.05, 3.63) is 35.2 Å². The fraction of sp³-hybridized carbons (Fsp3) is 0. The molecule has 1 heterocycles. The monoisotopic (exact) mass is 215 g/mol. The van der Waals surface area contributed by atoms with Gasteiger partial charge in [-0.05, 0) is 17.7 Å². The topological polar surface area (TPSA) is 75.8 Å². The maximum Gasteiger partial charge on any atom is 0.104 e. The summed E-state index contributed by atoms with van der Waals surface area (Å²) in [5.41, 5.74) is 14.4. The number of nitrogen functional groups attached to an aromatic ring is 2. The molecule has 1 aromatic heterocycles. The van der Waals surface area contributed by atoms with Crippen molar-refractivity contribution in [2.75, 3.05) is 11.5 Å². The molecular formula is C11H9N3S. The van der Waals surface area contributed by atoms with Crippen LogP contribution in [0.25, 0.3) is 11.1 Å². The minimum Gasteiger partial charge on any atom is -0.399 e. The summed E-state index contributed by atoms with van der Waals surface area (Å²) in [4.78, 5) is 0. The Morgan fingerprint density at radius 3 is 2.40 bits per heavy atom. The first kappa shape index (κ1) is 9.56. The predicted molar refractivity (Wildman–Crippen MR) is 63.3 cm³/mol. The molecule has 4 heteroatoms. The Morgan fingerprint density at radius 1 is 1.13 bits per heavy atom. The van der Waals surface area contributed by atoms with Gasteiger partial charge in [0.25, 0.3) is 0 Å². The molecule has 0 atom stereocenters. The molecule has 3 nitrogen and oxygen atoms in total. The fourth-order valence-electron chi connectivity index (χ4n) is 1.36. The van der Waals surface area contributed by atoms with E-state index in [4.69, 9.17) is 16.7 Å². The molecule has 0 aliphatic rings. The first-order valence-corrected chi connectivity index (χ1v) is 5.23. The smallest absolute Gasteiger partial charge is 0.104 e. The van der Waals surface area contributed by atoms with Crippen molar-refractivity contribution in [1.29, 1.82) is 5.26 Å². The third-order valence-corrected chi connectivity index (χ3v) is 2.96. The van der Waals surface area contributed by atoms with Gasteiger partial charge in [-0.1, -0.05) is 12.1 Å². The molecule has 0 radical (unpaired) electrons. The van der Waals surface area contributed by atoms with Crippen LogP contribution in [0, 0.1) is 11.3 Å². The first-order valence-electron chi connectivity index (χ1n) is 4.35. The second-order valence-electron chi connectivity index (χ2n) is 3.12. The molecule has 2 rings (SSSR count). The lowest BCUT2D eigenvalue weighted by atomic mass is 10.0. The Balaban J connectivity index is 2.55. The number of anilines is 2. The van der Waals surface area contributed by atoms with Crippen LogP contribution in [0.4, 0.5) is 10.7 Å². The summed E-state index contributed by atoms with van der Waals surface area (Å²) in [6, 6.07) is 9.50. The van der Waals surface area contributed by atoms with Gasteiger partial charge in [-0.3, -0.25) is 0 Å². The lowest BCUT2D eigenvalue weighted by Crippen LogP contribution is -1.86. The lowest BCUT2D eigenvalue weighted by Gasteiger charge is -1.99. The molecule has 1 aromatic carbocycles. The quantitative estimate of drug-likeness (QED) is 0.717. The van der Waals surface area contributed by atoms with E-state index in [9.17, 15) is 0 Å². The zero-order chi connectivity index (χ0) is 10.8. The van der Waals surface area contributed by atoms with Crippen molar-refractivity contribution >= 4 is 22.0 Å². The van der Waals surface area contributed by atoms with Crippen molar-refractivity contribution in [3.63, 3.8) is 0 Å². The van der Waals surface area contributed by atoms with E-state index in [0.29, 0.717) is 16.3 Å². The van der Waals surface area contributed by atoms with Crippen LogP contribution < -0.4 is 11.5 Å². The molecule has 15 heavy (non-hydrogen) atoms. The molecule has 4 N–H and O–H groups in total. The highest BCUT2D eigenvalue weighted by Gasteiger charge is 2.10. The summed E-state index contributed by atoms with van der Waals surface area (Å²) < 4.78 is 0. The zero-order valence-corrected chi connectivity index (χ0v) is 8.71. The van der Waals surface area contributed by atoms with Crippen LogP contribution in [-0.4, -0.2) is 0 Å². The van der Waals surface area contributed by atoms with Gasteiger partial charge < -0.3 is 11.5 Å². The molecule has 0 bridgehead atoms. The summed E-state index contributed by atoms with van der Waals surface area (Å²) >= 11 is 1.38. The number of nitrogens with two attached hydrogens (primary N) is 2. The Labute approximate surface area is 91.6 Å². The maximum absolute atomic E-state index is 8.96. The van der Waals surface area contributed by atoms with Crippen molar-refractivity contribution in [1.82, 2.24) is 0 Å². The minimum atomic E-state index is 0.546. The fourth-order valence-corrected chi connectivity index (χ4v) is 2.14. The Hall–Kier alpha value is -1.99. The van der Waals surface area contributed by atoms with E-state index in [1.807, 2.05) is 29.6 Å². The van der Waals surface area contributed by atoms with E-state index in [1.54, 1.807) is 0 Å². The molecule has 0 saturated carbocycles. The average molecular weight is 215 g/mol. The van der Waals surface area contributed by atoms with Gasteiger partial charge in [-0.15, -0.1) is 11.3 Å². The summed E-state index contributed by atoms with van der Waals surface area (Å²) in [6.45, 7) is 0. The number of hydrogen-bond acceptors (Lipinski definition) is 4. The minimum absolute atomic E-state index is 0.546. The van der Waals surface area contributed by atoms with Gasteiger partial charge >= 0.3 is 0 Å². The lowest BCUT2D eigenvalue weighted by molar-refractivity contribution is 1.50. The number of thiophene rings is 1. The molecule has 0 aliphatic carbocycles. The summed E-state index contributed by atoms with van der Waals surface area (Å²) in [5, 5.41) is 11.4. The summed E-state index contributed by atoms with van der Waals surface area (Å²) in [6.07, 6.45) is 0. The van der Waals surface area contributed by atoms with Crippen LogP contribution in [0.1, 0.15) is 5.56 Å². The van der Waals surface area contributed by atoms with E-state index in [1.165, 1.54) is 11.3 Å². The van der Waals surface area contributed by atoms with Crippen LogP contribution in [0.15, 0.2) is 29.6 Å². The largest absolute Gasteiger partial charge is 0.399 e. The van der Waals surface area contributed by atoms with E-state index < -0.39 is 0 Å². The Bertz CT molecular complexity index is 520. The van der Waals surface area contributed by atoms with E-state index >= 15 is 0 Å². The molecule has 2 aromatic rings. The van der Waals surface area contributed by atoms with Crippen molar-refractivity contribution < 1.29 is 0 Å². The van der Waals surface area contributed by atoms with Crippen molar-refractivity contribution in [2.45, 2.75) is 0 Å². The van der Waals surface area contributed by atoms with Crippen LogP contribution in [0.2, 0.25) is 0 Å². The number of rotatable bonds is 1. The van der Waals surface area contributed by atoms with Gasteiger partial charge in [0.1, 0.15) is 11.1 Å². The predicted octanol–water partition coefficient (Wildman–Crippen LogP) is 2.45. The van der Waals surface area contributed by atoms with Gasteiger partial charge in [-0.2, -0.15) is 5.26 Å². The number of nitriles is 1. The number of hydrogen-bond donors (Lipinski definition) is 2. The Morgan fingerprint density at radius 2 is 1.80 bits per heavy atom. The molecular weight excluding hydrogens is 206 g/mol. The highest BCUT2D eigenvalue weighted by molar-refractivity contribution is 7.14. The molecule has 0 saturated heterocycles. The van der Waals surface area contributed by atoms with Gasteiger partial charge in [0.15, 0.2) is 0 Å². The molecule has 0 amide bonds. The van der Waals surface area contributed by atoms with E-state index in [-0.39, 0.29) is 0 Å². The number of benzene rings is 1. The van der Waals surface area contributed by atoms with Crippen LogP contribution in [0.3, 0.4) is 0 Å². The normalized spacial score (nSPS) is 9.80.